The third-order valence-corrected chi connectivity index (χ3v) is 3.49. The molecule has 3 rings (SSSR count). The topological polar surface area (TPSA) is 66.7 Å². The van der Waals surface area contributed by atoms with Gasteiger partial charge in [0.25, 0.3) is 0 Å². The van der Waals surface area contributed by atoms with Crippen LogP contribution in [0.4, 0.5) is 0 Å². The van der Waals surface area contributed by atoms with E-state index >= 15 is 0 Å². The minimum Gasteiger partial charge on any atom is -0.460 e. The van der Waals surface area contributed by atoms with Crippen LogP contribution in [0.25, 0.3) is 11.5 Å². The van der Waals surface area contributed by atoms with Gasteiger partial charge in [-0.15, -0.1) is 0 Å². The number of nitrogens with zero attached hydrogens (tertiary/aromatic N) is 2. The van der Waals surface area contributed by atoms with Crippen molar-refractivity contribution in [3.05, 3.63) is 59.7 Å². The van der Waals surface area contributed by atoms with E-state index in [0.717, 1.165) is 28.3 Å². The summed E-state index contributed by atoms with van der Waals surface area (Å²) in [6.07, 6.45) is 5.49. The van der Waals surface area contributed by atoms with Crippen LogP contribution in [0.5, 0.6) is 0 Å². The second kappa shape index (κ2) is 5.93. The first-order valence-electron chi connectivity index (χ1n) is 6.96. The van der Waals surface area contributed by atoms with Crippen LogP contribution in [0.2, 0.25) is 0 Å². The normalized spacial score (nSPS) is 12.5. The highest BCUT2D eigenvalue weighted by Crippen LogP contribution is 2.23. The third-order valence-electron chi connectivity index (χ3n) is 3.49. The molecule has 5 heteroatoms. The van der Waals surface area contributed by atoms with E-state index in [-0.39, 0.29) is 6.04 Å². The maximum absolute atomic E-state index is 5.65. The fraction of sp³-hybridized carbons (Fsp3) is 0.250. The third kappa shape index (κ3) is 3.03. The molecule has 0 bridgehead atoms. The summed E-state index contributed by atoms with van der Waals surface area (Å²) in [6.45, 7) is 4.76. The molecule has 0 fully saturated rings. The van der Waals surface area contributed by atoms with Gasteiger partial charge in [-0.2, -0.15) is 5.10 Å². The van der Waals surface area contributed by atoms with E-state index in [2.05, 4.69) is 33.5 Å². The number of rotatable bonds is 5. The molecule has 0 unspecified atom stereocenters. The highest BCUT2D eigenvalue weighted by molar-refractivity contribution is 5.56. The van der Waals surface area contributed by atoms with Gasteiger partial charge in [-0.25, -0.2) is 0 Å². The minimum atomic E-state index is 0.222. The number of H-pyrrole nitrogens is 1. The number of hydrogen-bond donors (Lipinski definition) is 2. The molecule has 3 heterocycles. The fourth-order valence-corrected chi connectivity index (χ4v) is 2.24. The lowest BCUT2D eigenvalue weighted by Crippen LogP contribution is -2.18. The van der Waals surface area contributed by atoms with Gasteiger partial charge in [-0.05, 0) is 37.6 Å². The monoisotopic (exact) mass is 282 g/mol. The smallest absolute Gasteiger partial charge is 0.152 e. The second-order valence-electron chi connectivity index (χ2n) is 5.07. The molecule has 0 aliphatic carbocycles. The highest BCUT2D eigenvalue weighted by atomic mass is 16.3. The first kappa shape index (κ1) is 13.6. The van der Waals surface area contributed by atoms with Crippen molar-refractivity contribution >= 4 is 0 Å². The Labute approximate surface area is 123 Å². The van der Waals surface area contributed by atoms with Crippen LogP contribution in [-0.2, 0) is 6.54 Å². The van der Waals surface area contributed by atoms with Crippen LogP contribution in [0.15, 0.2) is 47.3 Å². The SMILES string of the molecule is Cc1ccc(-c2[nH]ncc2CN[C@H](C)c2cccnc2)o1. The van der Waals surface area contributed by atoms with Gasteiger partial charge in [0.05, 0.1) is 6.20 Å². The van der Waals surface area contributed by atoms with Crippen molar-refractivity contribution in [1.29, 1.82) is 0 Å². The molecule has 3 aromatic heterocycles. The molecule has 0 amide bonds. The summed E-state index contributed by atoms with van der Waals surface area (Å²) in [7, 11) is 0. The Kier molecular flexibility index (Phi) is 3.83. The van der Waals surface area contributed by atoms with Gasteiger partial charge < -0.3 is 9.73 Å². The molecule has 5 nitrogen and oxygen atoms in total. The summed E-state index contributed by atoms with van der Waals surface area (Å²) in [5, 5.41) is 10.6. The lowest BCUT2D eigenvalue weighted by Gasteiger charge is -2.13. The van der Waals surface area contributed by atoms with Crippen molar-refractivity contribution in [2.45, 2.75) is 26.4 Å². The zero-order valence-corrected chi connectivity index (χ0v) is 12.1. The van der Waals surface area contributed by atoms with Gasteiger partial charge in [0, 0.05) is 30.5 Å². The molecule has 21 heavy (non-hydrogen) atoms. The standard InChI is InChI=1S/C16H18N4O/c1-11-5-6-15(21-11)16-14(10-19-20-16)9-18-12(2)13-4-3-7-17-8-13/h3-8,10,12,18H,9H2,1-2H3,(H,19,20)/t12-/m1/s1. The molecular weight excluding hydrogens is 264 g/mol. The van der Waals surface area contributed by atoms with E-state index in [1.165, 1.54) is 0 Å². The van der Waals surface area contributed by atoms with Crippen molar-refractivity contribution < 1.29 is 4.42 Å². The van der Waals surface area contributed by atoms with Crippen LogP contribution >= 0.6 is 0 Å². The van der Waals surface area contributed by atoms with E-state index < -0.39 is 0 Å². The summed E-state index contributed by atoms with van der Waals surface area (Å²) in [5.41, 5.74) is 3.17. The first-order chi connectivity index (χ1) is 10.2. The predicted molar refractivity (Wildman–Crippen MR) is 80.5 cm³/mol. The highest BCUT2D eigenvalue weighted by Gasteiger charge is 2.12. The van der Waals surface area contributed by atoms with Crippen LogP contribution < -0.4 is 5.32 Å². The van der Waals surface area contributed by atoms with Crippen LogP contribution in [0.1, 0.15) is 29.9 Å². The molecule has 1 atom stereocenters. The summed E-state index contributed by atoms with van der Waals surface area (Å²) in [4.78, 5) is 4.15. The number of furan rings is 1. The summed E-state index contributed by atoms with van der Waals surface area (Å²) in [6, 6.07) is 8.14. The lowest BCUT2D eigenvalue weighted by molar-refractivity contribution is 0.542. The molecule has 0 aliphatic rings. The van der Waals surface area contributed by atoms with Crippen molar-refractivity contribution in [2.24, 2.45) is 0 Å². The summed E-state index contributed by atoms with van der Waals surface area (Å²) < 4.78 is 5.65. The van der Waals surface area contributed by atoms with Gasteiger partial charge >= 0.3 is 0 Å². The lowest BCUT2D eigenvalue weighted by atomic mass is 10.1. The number of hydrogen-bond acceptors (Lipinski definition) is 4. The maximum Gasteiger partial charge on any atom is 0.152 e. The van der Waals surface area contributed by atoms with Crippen molar-refractivity contribution in [3.63, 3.8) is 0 Å². The van der Waals surface area contributed by atoms with E-state index in [9.17, 15) is 0 Å². The van der Waals surface area contributed by atoms with Crippen LogP contribution in [-0.4, -0.2) is 15.2 Å². The van der Waals surface area contributed by atoms with E-state index in [4.69, 9.17) is 4.42 Å². The molecule has 108 valence electrons. The fourth-order valence-electron chi connectivity index (χ4n) is 2.24. The van der Waals surface area contributed by atoms with Crippen LogP contribution in [0.3, 0.4) is 0 Å². The number of aromatic amines is 1. The van der Waals surface area contributed by atoms with Gasteiger partial charge in [0.1, 0.15) is 11.5 Å². The van der Waals surface area contributed by atoms with E-state index in [1.54, 1.807) is 6.20 Å². The molecule has 3 aromatic rings. The Morgan fingerprint density at radius 2 is 2.19 bits per heavy atom. The van der Waals surface area contributed by atoms with E-state index in [0.29, 0.717) is 6.54 Å². The molecular formula is C16H18N4O. The number of nitrogens with one attached hydrogen (secondary N) is 2. The molecule has 2 N–H and O–H groups in total. The van der Waals surface area contributed by atoms with Gasteiger partial charge in [-0.3, -0.25) is 10.1 Å². The minimum absolute atomic E-state index is 0.222. The average molecular weight is 282 g/mol. The molecule has 0 saturated carbocycles. The Morgan fingerprint density at radius 3 is 2.90 bits per heavy atom. The second-order valence-corrected chi connectivity index (χ2v) is 5.07. The number of aromatic nitrogens is 3. The van der Waals surface area contributed by atoms with Crippen molar-refractivity contribution in [3.8, 4) is 11.5 Å². The van der Waals surface area contributed by atoms with Gasteiger partial charge in [0.15, 0.2) is 5.76 Å². The molecule has 0 aromatic carbocycles. The Morgan fingerprint density at radius 1 is 1.29 bits per heavy atom. The summed E-state index contributed by atoms with van der Waals surface area (Å²) in [5.74, 6) is 1.71. The van der Waals surface area contributed by atoms with Gasteiger partial charge in [-0.1, -0.05) is 6.07 Å². The predicted octanol–water partition coefficient (Wildman–Crippen LogP) is 3.22. The van der Waals surface area contributed by atoms with Crippen molar-refractivity contribution in [1.82, 2.24) is 20.5 Å². The Balaban J connectivity index is 1.71. The Hall–Kier alpha value is -2.40. The Bertz CT molecular complexity index is 702. The largest absolute Gasteiger partial charge is 0.460 e. The zero-order valence-electron chi connectivity index (χ0n) is 12.1. The molecule has 0 aliphatic heterocycles. The molecule has 0 saturated heterocycles. The average Bonchev–Trinajstić information content (AvgIpc) is 3.14. The molecule has 0 spiro atoms. The zero-order chi connectivity index (χ0) is 14.7. The molecule has 0 radical (unpaired) electrons. The quantitative estimate of drug-likeness (QED) is 0.754. The van der Waals surface area contributed by atoms with Crippen molar-refractivity contribution in [2.75, 3.05) is 0 Å². The van der Waals surface area contributed by atoms with E-state index in [1.807, 2.05) is 37.5 Å². The van der Waals surface area contributed by atoms with Crippen LogP contribution in [0, 0.1) is 6.92 Å². The number of pyridine rings is 1. The van der Waals surface area contributed by atoms with Gasteiger partial charge in [0.2, 0.25) is 0 Å². The maximum atomic E-state index is 5.65. The first-order valence-corrected chi connectivity index (χ1v) is 6.96. The summed E-state index contributed by atoms with van der Waals surface area (Å²) >= 11 is 0. The number of aryl methyl sites for hydroxylation is 1.